The third kappa shape index (κ3) is 3.61. The van der Waals surface area contributed by atoms with Crippen LogP contribution in [0.3, 0.4) is 0 Å². The van der Waals surface area contributed by atoms with Crippen molar-refractivity contribution in [1.29, 1.82) is 0 Å². The van der Waals surface area contributed by atoms with Gasteiger partial charge in [0.05, 0.1) is 14.3 Å². The fourth-order valence-corrected chi connectivity index (χ4v) is 5.47. The Morgan fingerprint density at radius 3 is 2.57 bits per heavy atom. The smallest absolute Gasteiger partial charge is 0.145 e. The quantitative estimate of drug-likeness (QED) is 0.575. The summed E-state index contributed by atoms with van der Waals surface area (Å²) in [4.78, 5) is 0. The molecule has 2 aromatic carbocycles. The predicted octanol–water partition coefficient (Wildman–Crippen LogP) is 4.35. The summed E-state index contributed by atoms with van der Waals surface area (Å²) < 4.78 is 7.73. The van der Waals surface area contributed by atoms with Crippen LogP contribution in [0.4, 0.5) is 0 Å². The second kappa shape index (κ2) is 7.14. The Balaban J connectivity index is 1.92. The molecule has 122 valence electrons. The Bertz CT molecular complexity index is 723. The molecule has 2 N–H and O–H groups in total. The van der Waals surface area contributed by atoms with E-state index >= 15 is 0 Å². The molecule has 0 unspecified atom stereocenters. The molecule has 0 fully saturated rings. The summed E-state index contributed by atoms with van der Waals surface area (Å²) >= 11 is 4.66. The van der Waals surface area contributed by atoms with Crippen molar-refractivity contribution in [2.75, 3.05) is 13.7 Å². The van der Waals surface area contributed by atoms with Gasteiger partial charge >= 0.3 is 0 Å². The van der Waals surface area contributed by atoms with E-state index < -0.39 is 0 Å². The molecule has 3 rings (SSSR count). The van der Waals surface area contributed by atoms with Crippen LogP contribution in [0.5, 0.6) is 11.5 Å². The molecule has 2 aromatic rings. The van der Waals surface area contributed by atoms with Gasteiger partial charge in [0.1, 0.15) is 11.5 Å². The van der Waals surface area contributed by atoms with Gasteiger partial charge in [-0.2, -0.15) is 0 Å². The monoisotopic (exact) mass is 535 g/mol. The highest BCUT2D eigenvalue weighted by atomic mass is 127. The zero-order valence-corrected chi connectivity index (χ0v) is 17.4. The van der Waals surface area contributed by atoms with E-state index in [1.165, 1.54) is 16.7 Å². The van der Waals surface area contributed by atoms with Gasteiger partial charge in [-0.3, -0.25) is 0 Å². The van der Waals surface area contributed by atoms with Gasteiger partial charge in [-0.15, -0.1) is 0 Å². The van der Waals surface area contributed by atoms with E-state index in [0.29, 0.717) is 5.75 Å². The number of halogens is 2. The highest BCUT2D eigenvalue weighted by Crippen LogP contribution is 2.33. The molecule has 3 nitrogen and oxygen atoms in total. The van der Waals surface area contributed by atoms with Gasteiger partial charge in [0.2, 0.25) is 0 Å². The molecule has 1 heterocycles. The van der Waals surface area contributed by atoms with E-state index in [2.05, 4.69) is 68.7 Å². The molecule has 0 spiro atoms. The number of hydrogen-bond acceptors (Lipinski definition) is 3. The van der Waals surface area contributed by atoms with Crippen molar-refractivity contribution in [2.24, 2.45) is 0 Å². The first-order valence-corrected chi connectivity index (χ1v) is 9.73. The van der Waals surface area contributed by atoms with Gasteiger partial charge in [-0.05, 0) is 112 Å². The highest BCUT2D eigenvalue weighted by Gasteiger charge is 2.22. The summed E-state index contributed by atoms with van der Waals surface area (Å²) in [6.07, 6.45) is 1.91. The van der Waals surface area contributed by atoms with Gasteiger partial charge in [-0.25, -0.2) is 0 Å². The largest absolute Gasteiger partial charge is 0.508 e. The Kier molecular flexibility index (Phi) is 5.37. The summed E-state index contributed by atoms with van der Waals surface area (Å²) in [6.45, 7) is 2.91. The van der Waals surface area contributed by atoms with E-state index in [1.807, 2.05) is 13.0 Å². The van der Waals surface area contributed by atoms with Crippen molar-refractivity contribution in [1.82, 2.24) is 5.32 Å². The number of phenols is 1. The van der Waals surface area contributed by atoms with E-state index in [9.17, 15) is 5.11 Å². The molecule has 1 atom stereocenters. The molecule has 0 amide bonds. The number of hydrogen-bond donors (Lipinski definition) is 2. The average molecular weight is 535 g/mol. The summed E-state index contributed by atoms with van der Waals surface area (Å²) in [5.41, 5.74) is 4.81. The van der Waals surface area contributed by atoms with Crippen LogP contribution in [-0.2, 0) is 12.8 Å². The minimum Gasteiger partial charge on any atom is -0.508 e. The van der Waals surface area contributed by atoms with E-state index in [1.54, 1.807) is 7.11 Å². The van der Waals surface area contributed by atoms with Crippen LogP contribution in [0.15, 0.2) is 24.3 Å². The standard InChI is InChI=1S/C18H19I2NO2/c1-10-5-13-12(9-17(10)22)3-4-21-16(13)8-11-6-14(19)18(23-2)15(20)7-11/h5-7,9,16,21-22H,3-4,8H2,1-2H3/t16-/m0/s1. The van der Waals surface area contributed by atoms with Crippen LogP contribution in [-0.4, -0.2) is 18.8 Å². The Morgan fingerprint density at radius 1 is 1.22 bits per heavy atom. The van der Waals surface area contributed by atoms with E-state index in [4.69, 9.17) is 4.74 Å². The minimum atomic E-state index is 0.290. The Labute approximate surface area is 164 Å². The molecular formula is C18H19I2NO2. The van der Waals surface area contributed by atoms with Gasteiger partial charge < -0.3 is 15.2 Å². The van der Waals surface area contributed by atoms with Gasteiger partial charge in [0, 0.05) is 6.04 Å². The van der Waals surface area contributed by atoms with Crippen molar-refractivity contribution >= 4 is 45.2 Å². The molecule has 0 saturated carbocycles. The molecule has 1 aliphatic heterocycles. The second-order valence-corrected chi connectivity index (χ2v) is 8.22. The first-order valence-electron chi connectivity index (χ1n) is 7.57. The number of aryl methyl sites for hydroxylation is 1. The predicted molar refractivity (Wildman–Crippen MR) is 109 cm³/mol. The highest BCUT2D eigenvalue weighted by molar-refractivity contribution is 14.1. The van der Waals surface area contributed by atoms with Crippen LogP contribution in [0.1, 0.15) is 28.3 Å². The van der Waals surface area contributed by atoms with Crippen molar-refractivity contribution in [2.45, 2.75) is 25.8 Å². The number of benzene rings is 2. The molecule has 23 heavy (non-hydrogen) atoms. The van der Waals surface area contributed by atoms with Crippen LogP contribution in [0.25, 0.3) is 0 Å². The van der Waals surface area contributed by atoms with E-state index in [-0.39, 0.29) is 6.04 Å². The first kappa shape index (κ1) is 17.3. The fraction of sp³-hybridized carbons (Fsp3) is 0.333. The molecule has 5 heteroatoms. The number of rotatable bonds is 3. The maximum atomic E-state index is 9.95. The lowest BCUT2D eigenvalue weighted by Gasteiger charge is -2.28. The second-order valence-electron chi connectivity index (χ2n) is 5.89. The van der Waals surface area contributed by atoms with E-state index in [0.717, 1.165) is 37.8 Å². The third-order valence-electron chi connectivity index (χ3n) is 4.32. The maximum Gasteiger partial charge on any atom is 0.145 e. The number of methoxy groups -OCH3 is 1. The Morgan fingerprint density at radius 2 is 1.91 bits per heavy atom. The maximum absolute atomic E-state index is 9.95. The first-order chi connectivity index (χ1) is 11.0. The minimum absolute atomic E-state index is 0.290. The third-order valence-corrected chi connectivity index (χ3v) is 5.92. The van der Waals surface area contributed by atoms with Crippen molar-refractivity contribution in [3.63, 3.8) is 0 Å². The lowest BCUT2D eigenvalue weighted by atomic mass is 9.89. The van der Waals surface area contributed by atoms with Gasteiger partial charge in [0.15, 0.2) is 0 Å². The van der Waals surface area contributed by atoms with Crippen LogP contribution in [0, 0.1) is 14.1 Å². The van der Waals surface area contributed by atoms with Gasteiger partial charge in [-0.1, -0.05) is 6.07 Å². The van der Waals surface area contributed by atoms with Crippen LogP contribution < -0.4 is 10.1 Å². The molecule has 0 aliphatic carbocycles. The molecule has 0 saturated heterocycles. The molecule has 0 radical (unpaired) electrons. The fourth-order valence-electron chi connectivity index (χ4n) is 3.14. The van der Waals surface area contributed by atoms with Gasteiger partial charge in [0.25, 0.3) is 0 Å². The van der Waals surface area contributed by atoms with Crippen molar-refractivity contribution in [3.05, 3.63) is 53.7 Å². The normalized spacial score (nSPS) is 17.0. The lowest BCUT2D eigenvalue weighted by Crippen LogP contribution is -2.31. The average Bonchev–Trinajstić information content (AvgIpc) is 2.49. The van der Waals surface area contributed by atoms with Crippen LogP contribution in [0.2, 0.25) is 0 Å². The van der Waals surface area contributed by atoms with Crippen molar-refractivity contribution < 1.29 is 9.84 Å². The van der Waals surface area contributed by atoms with Crippen LogP contribution >= 0.6 is 45.2 Å². The summed E-state index contributed by atoms with van der Waals surface area (Å²) in [6, 6.07) is 8.74. The topological polar surface area (TPSA) is 41.5 Å². The number of nitrogens with one attached hydrogen (secondary N) is 1. The number of aromatic hydroxyl groups is 1. The SMILES string of the molecule is COc1c(I)cc(C[C@@H]2NCCc3cc(O)c(C)cc32)cc1I. The zero-order valence-electron chi connectivity index (χ0n) is 13.1. The molecular weight excluding hydrogens is 516 g/mol. The summed E-state index contributed by atoms with van der Waals surface area (Å²) in [5, 5.41) is 13.6. The Hall–Kier alpha value is -0.540. The summed E-state index contributed by atoms with van der Waals surface area (Å²) in [7, 11) is 1.72. The molecule has 0 aromatic heterocycles. The summed E-state index contributed by atoms with van der Waals surface area (Å²) in [5.74, 6) is 1.35. The molecule has 0 bridgehead atoms. The molecule has 1 aliphatic rings. The zero-order chi connectivity index (χ0) is 16.6. The lowest BCUT2D eigenvalue weighted by molar-refractivity contribution is 0.408. The number of phenolic OH excluding ortho intramolecular Hbond substituents is 1. The van der Waals surface area contributed by atoms with Crippen molar-refractivity contribution in [3.8, 4) is 11.5 Å². The number of fused-ring (bicyclic) bond motifs is 1. The number of ether oxygens (including phenoxy) is 1.